The van der Waals surface area contributed by atoms with Gasteiger partial charge in [-0.25, -0.2) is 0 Å². The molecule has 1 unspecified atom stereocenters. The van der Waals surface area contributed by atoms with E-state index in [1.54, 1.807) is 0 Å². The molecule has 0 spiro atoms. The highest BCUT2D eigenvalue weighted by Gasteiger charge is 2.48. The van der Waals surface area contributed by atoms with Gasteiger partial charge in [0.25, 0.3) is 0 Å². The van der Waals surface area contributed by atoms with Gasteiger partial charge in [0.1, 0.15) is 12.4 Å². The van der Waals surface area contributed by atoms with Crippen molar-refractivity contribution >= 4 is 0 Å². The van der Waals surface area contributed by atoms with Gasteiger partial charge in [0.2, 0.25) is 5.79 Å². The summed E-state index contributed by atoms with van der Waals surface area (Å²) in [5.74, 6) is 0.0524. The van der Waals surface area contributed by atoms with E-state index in [1.807, 2.05) is 44.2 Å². The minimum Gasteiger partial charge on any atom is -0.459 e. The van der Waals surface area contributed by atoms with E-state index in [4.69, 9.17) is 14.2 Å². The lowest BCUT2D eigenvalue weighted by atomic mass is 9.78. The molecule has 1 rings (SSSR count). The Kier molecular flexibility index (Phi) is 8.64. The molecule has 1 aromatic rings. The van der Waals surface area contributed by atoms with Gasteiger partial charge in [0.15, 0.2) is 0 Å². The second-order valence-corrected chi connectivity index (χ2v) is 6.58. The highest BCUT2D eigenvalue weighted by molar-refractivity contribution is 5.22. The van der Waals surface area contributed by atoms with Crippen molar-refractivity contribution in [3.63, 3.8) is 0 Å². The molecule has 0 aliphatic heterocycles. The van der Waals surface area contributed by atoms with Crippen LogP contribution in [0.25, 0.3) is 0 Å². The Morgan fingerprint density at radius 1 is 0.913 bits per heavy atom. The van der Waals surface area contributed by atoms with E-state index in [0.29, 0.717) is 19.8 Å². The second-order valence-electron chi connectivity index (χ2n) is 6.58. The molecule has 0 radical (unpaired) electrons. The maximum absolute atomic E-state index is 6.39. The van der Waals surface area contributed by atoms with Gasteiger partial charge in [-0.3, -0.25) is 0 Å². The van der Waals surface area contributed by atoms with Crippen LogP contribution in [-0.2, 0) is 9.47 Å². The summed E-state index contributed by atoms with van der Waals surface area (Å²) < 4.78 is 18.3. The monoisotopic (exact) mass is 322 g/mol. The van der Waals surface area contributed by atoms with Crippen molar-refractivity contribution in [2.75, 3.05) is 19.8 Å². The molecule has 0 bridgehead atoms. The van der Waals surface area contributed by atoms with Crippen LogP contribution >= 0.6 is 0 Å². The second kappa shape index (κ2) is 9.94. The van der Waals surface area contributed by atoms with E-state index in [1.165, 1.54) is 19.3 Å². The summed E-state index contributed by atoms with van der Waals surface area (Å²) in [6, 6.07) is 9.90. The first-order valence-electron chi connectivity index (χ1n) is 8.97. The average molecular weight is 322 g/mol. The van der Waals surface area contributed by atoms with E-state index in [0.717, 1.165) is 12.2 Å². The van der Waals surface area contributed by atoms with Crippen molar-refractivity contribution in [3.05, 3.63) is 30.3 Å². The summed E-state index contributed by atoms with van der Waals surface area (Å²) in [6.45, 7) is 12.4. The minimum absolute atomic E-state index is 0.150. The Morgan fingerprint density at radius 2 is 1.61 bits per heavy atom. The molecule has 0 aliphatic rings. The molecule has 0 aliphatic carbocycles. The van der Waals surface area contributed by atoms with Crippen LogP contribution < -0.4 is 4.74 Å². The van der Waals surface area contributed by atoms with Gasteiger partial charge < -0.3 is 14.2 Å². The molecular formula is C20H34O3. The summed E-state index contributed by atoms with van der Waals surface area (Å²) in [6.07, 6.45) is 4.65. The number of hydrogen-bond donors (Lipinski definition) is 0. The van der Waals surface area contributed by atoms with Crippen molar-refractivity contribution in [2.24, 2.45) is 5.41 Å². The van der Waals surface area contributed by atoms with Crippen molar-refractivity contribution in [1.29, 1.82) is 0 Å². The molecule has 23 heavy (non-hydrogen) atoms. The van der Waals surface area contributed by atoms with Gasteiger partial charge in [0, 0.05) is 18.6 Å². The van der Waals surface area contributed by atoms with Gasteiger partial charge in [0.05, 0.1) is 0 Å². The number of unbranched alkanes of at least 4 members (excludes halogenated alkanes) is 2. The first-order valence-corrected chi connectivity index (χ1v) is 8.97. The van der Waals surface area contributed by atoms with E-state index >= 15 is 0 Å². The third-order valence-electron chi connectivity index (χ3n) is 4.34. The molecule has 0 saturated carbocycles. The first-order chi connectivity index (χ1) is 11.0. The number of hydrogen-bond acceptors (Lipinski definition) is 3. The smallest absolute Gasteiger partial charge is 0.239 e. The fourth-order valence-electron chi connectivity index (χ4n) is 2.79. The lowest BCUT2D eigenvalue weighted by molar-refractivity contribution is -0.270. The largest absolute Gasteiger partial charge is 0.459 e. The Morgan fingerprint density at radius 3 is 2.17 bits per heavy atom. The molecule has 1 aromatic carbocycles. The van der Waals surface area contributed by atoms with E-state index in [9.17, 15) is 0 Å². The summed E-state index contributed by atoms with van der Waals surface area (Å²) in [5, 5.41) is 0. The van der Waals surface area contributed by atoms with Gasteiger partial charge >= 0.3 is 0 Å². The van der Waals surface area contributed by atoms with Crippen LogP contribution in [0.3, 0.4) is 0 Å². The van der Waals surface area contributed by atoms with Crippen LogP contribution in [0, 0.1) is 5.41 Å². The normalized spacial score (nSPS) is 14.5. The third kappa shape index (κ3) is 5.82. The molecule has 0 N–H and O–H groups in total. The maximum atomic E-state index is 6.39. The third-order valence-corrected chi connectivity index (χ3v) is 4.34. The fourth-order valence-corrected chi connectivity index (χ4v) is 2.79. The fraction of sp³-hybridized carbons (Fsp3) is 0.700. The summed E-state index contributed by atoms with van der Waals surface area (Å²) in [7, 11) is 0. The van der Waals surface area contributed by atoms with E-state index in [-0.39, 0.29) is 5.41 Å². The van der Waals surface area contributed by atoms with Crippen molar-refractivity contribution in [2.45, 2.75) is 66.1 Å². The van der Waals surface area contributed by atoms with Crippen molar-refractivity contribution in [1.82, 2.24) is 0 Å². The molecule has 0 heterocycles. The standard InChI is InChI=1S/C20H34O3/c1-6-9-13-16-19(4,5)20(22-8-3,17-21-7-2)23-18-14-11-10-12-15-18/h10-12,14-15H,6-9,13,16-17H2,1-5H3. The van der Waals surface area contributed by atoms with Crippen LogP contribution in [0.4, 0.5) is 0 Å². The topological polar surface area (TPSA) is 27.7 Å². The Labute approximate surface area is 142 Å². The Hall–Kier alpha value is -1.06. The van der Waals surface area contributed by atoms with Gasteiger partial charge in [-0.2, -0.15) is 0 Å². The highest BCUT2D eigenvalue weighted by Crippen LogP contribution is 2.41. The zero-order valence-electron chi connectivity index (χ0n) is 15.6. The summed E-state index contributed by atoms with van der Waals surface area (Å²) in [5.41, 5.74) is -0.150. The predicted octanol–water partition coefficient (Wildman–Crippen LogP) is 5.44. The number of rotatable bonds is 12. The van der Waals surface area contributed by atoms with Crippen LogP contribution in [0.2, 0.25) is 0 Å². The van der Waals surface area contributed by atoms with Crippen molar-refractivity contribution < 1.29 is 14.2 Å². The van der Waals surface area contributed by atoms with Crippen LogP contribution in [0.15, 0.2) is 30.3 Å². The van der Waals surface area contributed by atoms with E-state index < -0.39 is 5.79 Å². The highest BCUT2D eigenvalue weighted by atomic mass is 16.7. The van der Waals surface area contributed by atoms with Gasteiger partial charge in [-0.1, -0.05) is 58.2 Å². The minimum atomic E-state index is -0.771. The average Bonchev–Trinajstić information content (AvgIpc) is 2.54. The summed E-state index contributed by atoms with van der Waals surface area (Å²) in [4.78, 5) is 0. The molecule has 3 nitrogen and oxygen atoms in total. The predicted molar refractivity (Wildman–Crippen MR) is 95.8 cm³/mol. The molecule has 3 heteroatoms. The van der Waals surface area contributed by atoms with Gasteiger partial charge in [-0.15, -0.1) is 0 Å². The molecule has 0 aromatic heterocycles. The number of para-hydroxylation sites is 1. The molecule has 0 fully saturated rings. The number of benzene rings is 1. The molecular weight excluding hydrogens is 288 g/mol. The van der Waals surface area contributed by atoms with Gasteiger partial charge in [-0.05, 0) is 32.4 Å². The maximum Gasteiger partial charge on any atom is 0.239 e. The quantitative estimate of drug-likeness (QED) is 0.379. The summed E-state index contributed by atoms with van der Waals surface area (Å²) >= 11 is 0. The Balaban J connectivity index is 3.04. The first kappa shape index (κ1) is 20.0. The van der Waals surface area contributed by atoms with E-state index in [2.05, 4.69) is 20.8 Å². The van der Waals surface area contributed by atoms with Crippen LogP contribution in [0.1, 0.15) is 60.3 Å². The van der Waals surface area contributed by atoms with Crippen LogP contribution in [-0.4, -0.2) is 25.6 Å². The lowest BCUT2D eigenvalue weighted by Crippen LogP contribution is -2.55. The van der Waals surface area contributed by atoms with Crippen LogP contribution in [0.5, 0.6) is 5.75 Å². The molecule has 132 valence electrons. The zero-order valence-corrected chi connectivity index (χ0v) is 15.6. The van der Waals surface area contributed by atoms with Crippen molar-refractivity contribution in [3.8, 4) is 5.75 Å². The Bertz CT molecular complexity index is 416. The number of ether oxygens (including phenoxy) is 3. The molecule has 1 atom stereocenters. The SMILES string of the molecule is CCCCCC(C)(C)C(COCC)(OCC)Oc1ccccc1. The molecule has 0 saturated heterocycles. The molecule has 0 amide bonds. The zero-order chi connectivity index (χ0) is 17.2. The lowest BCUT2D eigenvalue weighted by Gasteiger charge is -2.45.